The van der Waals surface area contributed by atoms with Crippen molar-refractivity contribution in [2.75, 3.05) is 5.49 Å². The van der Waals surface area contributed by atoms with Gasteiger partial charge in [-0.15, -0.1) is 0 Å². The zero-order valence-electron chi connectivity index (χ0n) is 12.1. The van der Waals surface area contributed by atoms with E-state index in [-0.39, 0.29) is 5.49 Å². The number of nitrogens with zero attached hydrogens (tertiary/aromatic N) is 2. The Morgan fingerprint density at radius 3 is 2.83 bits per heavy atom. The van der Waals surface area contributed by atoms with Gasteiger partial charge in [0.05, 0.1) is 16.1 Å². The van der Waals surface area contributed by atoms with E-state index in [1.54, 1.807) is 24.4 Å². The van der Waals surface area contributed by atoms with Crippen LogP contribution in [0, 0.1) is 11.8 Å². The largest absolute Gasteiger partial charge is 0.335 e. The Morgan fingerprint density at radius 2 is 2.12 bits per heavy atom. The quantitative estimate of drug-likeness (QED) is 0.367. The van der Waals surface area contributed by atoms with E-state index in [1.165, 1.54) is 0 Å². The Hall–Kier alpha value is -1.81. The molecule has 0 saturated heterocycles. The summed E-state index contributed by atoms with van der Waals surface area (Å²) in [4.78, 5) is 29.2. The van der Waals surface area contributed by atoms with Gasteiger partial charge in [-0.25, -0.2) is 9.97 Å². The van der Waals surface area contributed by atoms with E-state index >= 15 is 0 Å². The summed E-state index contributed by atoms with van der Waals surface area (Å²) in [6.45, 7) is 0. The molecule has 3 aromatic rings. The summed E-state index contributed by atoms with van der Waals surface area (Å²) >= 11 is 7.18. The topological polar surface area (TPSA) is 99.1 Å². The monoisotopic (exact) mass is 379 g/mol. The molecule has 24 heavy (non-hydrogen) atoms. The van der Waals surface area contributed by atoms with Crippen LogP contribution >= 0.6 is 31.0 Å². The molecule has 0 aliphatic carbocycles. The number of hydrogen-bond donors (Lipinski definition) is 3. The second-order valence-electron chi connectivity index (χ2n) is 4.79. The maximum Gasteiger partial charge on any atom is 0.335 e. The van der Waals surface area contributed by atoms with Crippen molar-refractivity contribution in [3.63, 3.8) is 0 Å². The number of aromatic nitrogens is 3. The smallest absolute Gasteiger partial charge is 0.333 e. The average Bonchev–Trinajstić information content (AvgIpc) is 2.93. The molecule has 0 saturated carbocycles. The minimum atomic E-state index is -4.09. The van der Waals surface area contributed by atoms with Gasteiger partial charge in [0, 0.05) is 11.8 Å². The van der Waals surface area contributed by atoms with Gasteiger partial charge in [0.1, 0.15) is 11.2 Å². The predicted octanol–water partition coefficient (Wildman–Crippen LogP) is 3.24. The van der Waals surface area contributed by atoms with Gasteiger partial charge in [0.2, 0.25) is 0 Å². The van der Waals surface area contributed by atoms with Crippen LogP contribution in [0.15, 0.2) is 41.7 Å². The molecule has 6 nitrogen and oxygen atoms in total. The van der Waals surface area contributed by atoms with Crippen molar-refractivity contribution in [1.82, 2.24) is 15.0 Å². The van der Waals surface area contributed by atoms with E-state index in [1.807, 2.05) is 12.1 Å². The van der Waals surface area contributed by atoms with Crippen LogP contribution in [-0.2, 0) is 4.57 Å². The molecule has 3 rings (SSSR count). The Kier molecular flexibility index (Phi) is 4.95. The zero-order valence-corrected chi connectivity index (χ0v) is 14.6. The molecule has 0 unspecified atom stereocenters. The fourth-order valence-electron chi connectivity index (χ4n) is 1.88. The van der Waals surface area contributed by atoms with E-state index in [0.29, 0.717) is 32.5 Å². The first kappa shape index (κ1) is 17.0. The van der Waals surface area contributed by atoms with Gasteiger partial charge in [0.15, 0.2) is 5.16 Å². The van der Waals surface area contributed by atoms with Gasteiger partial charge in [-0.3, -0.25) is 4.57 Å². The molecule has 9 heteroatoms. The molecule has 2 heterocycles. The van der Waals surface area contributed by atoms with Crippen molar-refractivity contribution in [2.24, 2.45) is 0 Å². The maximum absolute atomic E-state index is 10.9. The molecule has 1 aromatic carbocycles. The van der Waals surface area contributed by atoms with Crippen molar-refractivity contribution in [2.45, 2.75) is 5.16 Å². The van der Waals surface area contributed by atoms with Gasteiger partial charge in [0.25, 0.3) is 0 Å². The summed E-state index contributed by atoms with van der Waals surface area (Å²) < 4.78 is 10.9. The SMILES string of the molecule is O=P(O)(O)CSc1nc2cc(C#Cc3ccccn3)c(Cl)cc2[nH]1. The van der Waals surface area contributed by atoms with Crippen LogP contribution in [0.4, 0.5) is 0 Å². The van der Waals surface area contributed by atoms with E-state index in [4.69, 9.17) is 21.4 Å². The molecule has 0 spiro atoms. The summed E-state index contributed by atoms with van der Waals surface area (Å²) in [5.41, 5.74) is 2.20. The van der Waals surface area contributed by atoms with Crippen LogP contribution in [0.2, 0.25) is 5.02 Å². The van der Waals surface area contributed by atoms with Crippen molar-refractivity contribution >= 4 is 42.0 Å². The number of fused-ring (bicyclic) bond motifs is 1. The van der Waals surface area contributed by atoms with E-state index in [0.717, 1.165) is 11.8 Å². The normalized spacial score (nSPS) is 11.3. The Balaban J connectivity index is 1.89. The standard InChI is InChI=1S/C15H11ClN3O3PS/c16-12-8-14-13(18-15(19-14)24-9-23(20,21)22)7-10(12)4-5-11-3-1-2-6-17-11/h1-3,6-8H,9H2,(H,18,19)(H2,20,21,22). The van der Waals surface area contributed by atoms with Crippen molar-refractivity contribution in [1.29, 1.82) is 0 Å². The third-order valence-electron chi connectivity index (χ3n) is 2.91. The number of hydrogen-bond acceptors (Lipinski definition) is 4. The average molecular weight is 380 g/mol. The minimum absolute atomic E-state index is 0.340. The fourth-order valence-corrected chi connectivity index (χ4v) is 3.60. The van der Waals surface area contributed by atoms with Gasteiger partial charge in [-0.1, -0.05) is 35.3 Å². The van der Waals surface area contributed by atoms with Crippen LogP contribution < -0.4 is 0 Å². The summed E-state index contributed by atoms with van der Waals surface area (Å²) in [5.74, 6) is 5.88. The zero-order chi connectivity index (χ0) is 17.2. The number of thioether (sulfide) groups is 1. The highest BCUT2D eigenvalue weighted by Crippen LogP contribution is 2.40. The molecule has 0 aliphatic heterocycles. The number of benzene rings is 1. The van der Waals surface area contributed by atoms with Gasteiger partial charge in [-0.05, 0) is 30.2 Å². The number of nitrogens with one attached hydrogen (secondary N) is 1. The fraction of sp³-hybridized carbons (Fsp3) is 0.0667. The molecule has 0 amide bonds. The van der Waals surface area contributed by atoms with Crippen molar-refractivity contribution < 1.29 is 14.4 Å². The Bertz CT molecular complexity index is 992. The van der Waals surface area contributed by atoms with E-state index < -0.39 is 7.60 Å². The highest BCUT2D eigenvalue weighted by Gasteiger charge is 2.15. The Labute approximate surface area is 146 Å². The molecule has 0 bridgehead atoms. The molecule has 3 N–H and O–H groups in total. The van der Waals surface area contributed by atoms with Gasteiger partial charge < -0.3 is 14.8 Å². The maximum atomic E-state index is 10.9. The molecule has 0 radical (unpaired) electrons. The van der Waals surface area contributed by atoms with Crippen molar-refractivity contribution in [3.05, 3.63) is 52.8 Å². The first-order valence-corrected chi connectivity index (χ1v) is 9.86. The highest BCUT2D eigenvalue weighted by atomic mass is 35.5. The summed E-state index contributed by atoms with van der Waals surface area (Å²) in [5, 5.41) is 0.875. The summed E-state index contributed by atoms with van der Waals surface area (Å²) in [6, 6.07) is 8.87. The molecule has 0 aliphatic rings. The lowest BCUT2D eigenvalue weighted by Crippen LogP contribution is -1.83. The lowest BCUT2D eigenvalue weighted by Gasteiger charge is -1.99. The molecule has 122 valence electrons. The molecular formula is C15H11ClN3O3PS. The number of imidazole rings is 1. The third-order valence-corrected chi connectivity index (χ3v) is 5.55. The van der Waals surface area contributed by atoms with Crippen LogP contribution in [-0.4, -0.2) is 30.2 Å². The number of halogens is 1. The number of rotatable bonds is 3. The second-order valence-corrected chi connectivity index (χ2v) is 8.24. The molecule has 0 atom stereocenters. The Morgan fingerprint density at radius 1 is 1.29 bits per heavy atom. The molecule has 0 fully saturated rings. The summed E-state index contributed by atoms with van der Waals surface area (Å²) in [6.07, 6.45) is 1.66. The predicted molar refractivity (Wildman–Crippen MR) is 94.1 cm³/mol. The number of H-pyrrole nitrogens is 1. The van der Waals surface area contributed by atoms with Gasteiger partial charge >= 0.3 is 7.60 Å². The lowest BCUT2D eigenvalue weighted by molar-refractivity contribution is 0.379. The lowest BCUT2D eigenvalue weighted by atomic mass is 10.2. The minimum Gasteiger partial charge on any atom is -0.333 e. The first-order valence-electron chi connectivity index (χ1n) is 6.70. The van der Waals surface area contributed by atoms with Crippen LogP contribution in [0.25, 0.3) is 11.0 Å². The molecular weight excluding hydrogens is 369 g/mol. The molecule has 2 aromatic heterocycles. The number of aromatic amines is 1. The third kappa shape index (κ3) is 4.38. The van der Waals surface area contributed by atoms with Crippen LogP contribution in [0.1, 0.15) is 11.3 Å². The summed E-state index contributed by atoms with van der Waals surface area (Å²) in [7, 11) is -4.09. The first-order chi connectivity index (χ1) is 11.4. The van der Waals surface area contributed by atoms with Crippen LogP contribution in [0.5, 0.6) is 0 Å². The number of pyridine rings is 1. The second kappa shape index (κ2) is 6.98. The van der Waals surface area contributed by atoms with Gasteiger partial charge in [-0.2, -0.15) is 0 Å². The van der Waals surface area contributed by atoms with Crippen LogP contribution in [0.3, 0.4) is 0 Å². The van der Waals surface area contributed by atoms with E-state index in [2.05, 4.69) is 26.8 Å². The highest BCUT2D eigenvalue weighted by molar-refractivity contribution is 8.04. The van der Waals surface area contributed by atoms with Crippen molar-refractivity contribution in [3.8, 4) is 11.8 Å². The van der Waals surface area contributed by atoms with E-state index in [9.17, 15) is 4.57 Å².